The van der Waals surface area contributed by atoms with E-state index in [2.05, 4.69) is 10.2 Å². The molecule has 2 saturated heterocycles. The zero-order valence-electron chi connectivity index (χ0n) is 19.3. The lowest BCUT2D eigenvalue weighted by Crippen LogP contribution is -2.52. The number of likely N-dealkylation sites (tertiary alicyclic amines) is 1. The molecule has 3 amide bonds. The van der Waals surface area contributed by atoms with Gasteiger partial charge in [-0.2, -0.15) is 0 Å². The van der Waals surface area contributed by atoms with Gasteiger partial charge in [0.25, 0.3) is 5.91 Å². The summed E-state index contributed by atoms with van der Waals surface area (Å²) in [6.07, 6.45) is 5.07. The van der Waals surface area contributed by atoms with Crippen molar-refractivity contribution in [1.29, 1.82) is 0 Å². The van der Waals surface area contributed by atoms with Crippen LogP contribution in [0.1, 0.15) is 65.2 Å². The summed E-state index contributed by atoms with van der Waals surface area (Å²) in [5, 5.41) is 4.35. The Morgan fingerprint density at radius 2 is 1.82 bits per heavy atom. The second-order valence-electron chi connectivity index (χ2n) is 9.38. The molecule has 1 atom stereocenters. The van der Waals surface area contributed by atoms with E-state index in [1.54, 1.807) is 16.2 Å². The average molecular weight is 482 g/mol. The predicted molar refractivity (Wildman–Crippen MR) is 130 cm³/mol. The molecule has 2 fully saturated rings. The maximum atomic E-state index is 13.0. The first-order chi connectivity index (χ1) is 16.6. The van der Waals surface area contributed by atoms with Gasteiger partial charge in [-0.15, -0.1) is 11.3 Å². The number of para-hydroxylation sites is 1. The van der Waals surface area contributed by atoms with E-state index in [1.165, 1.54) is 4.88 Å². The Kier molecular flexibility index (Phi) is 6.97. The largest absolute Gasteiger partial charge is 0.494 e. The molecule has 1 aromatic heterocycles. The molecule has 3 aliphatic heterocycles. The fourth-order valence-corrected chi connectivity index (χ4v) is 6.51. The van der Waals surface area contributed by atoms with E-state index in [4.69, 9.17) is 4.74 Å². The van der Waals surface area contributed by atoms with Crippen molar-refractivity contribution >= 4 is 29.1 Å². The third-order valence-corrected chi connectivity index (χ3v) is 8.36. The number of fused-ring (bicyclic) bond motifs is 1. The molecule has 4 heterocycles. The van der Waals surface area contributed by atoms with Gasteiger partial charge >= 0.3 is 0 Å². The van der Waals surface area contributed by atoms with Crippen molar-refractivity contribution in [2.45, 2.75) is 57.0 Å². The van der Waals surface area contributed by atoms with Gasteiger partial charge in [-0.05, 0) is 75.4 Å². The highest BCUT2D eigenvalue weighted by molar-refractivity contribution is 7.10. The van der Waals surface area contributed by atoms with E-state index >= 15 is 0 Å². The van der Waals surface area contributed by atoms with Crippen molar-refractivity contribution in [2.24, 2.45) is 0 Å². The van der Waals surface area contributed by atoms with Crippen molar-refractivity contribution in [3.05, 3.63) is 51.7 Å². The molecule has 180 valence electrons. The number of rotatable bonds is 8. The van der Waals surface area contributed by atoms with Crippen molar-refractivity contribution in [2.75, 3.05) is 26.2 Å². The number of hydrogen-bond acceptors (Lipinski definition) is 6. The minimum Gasteiger partial charge on any atom is -0.494 e. The second kappa shape index (κ2) is 10.3. The Morgan fingerprint density at radius 3 is 2.59 bits per heavy atom. The molecule has 1 unspecified atom stereocenters. The van der Waals surface area contributed by atoms with Gasteiger partial charge in [0.1, 0.15) is 11.8 Å². The van der Waals surface area contributed by atoms with Gasteiger partial charge in [0.05, 0.1) is 12.2 Å². The van der Waals surface area contributed by atoms with Gasteiger partial charge < -0.3 is 14.5 Å². The molecule has 8 heteroatoms. The lowest BCUT2D eigenvalue weighted by molar-refractivity contribution is -0.136. The van der Waals surface area contributed by atoms with Crippen LogP contribution in [0, 0.1) is 0 Å². The van der Waals surface area contributed by atoms with Crippen LogP contribution < -0.4 is 10.1 Å². The van der Waals surface area contributed by atoms with Crippen molar-refractivity contribution in [3.63, 3.8) is 0 Å². The minimum absolute atomic E-state index is 0.0674. The summed E-state index contributed by atoms with van der Waals surface area (Å²) in [7, 11) is 0. The Morgan fingerprint density at radius 1 is 1.03 bits per heavy atom. The number of amides is 3. The maximum absolute atomic E-state index is 13.0. The molecule has 0 saturated carbocycles. The van der Waals surface area contributed by atoms with E-state index in [-0.39, 0.29) is 24.1 Å². The highest BCUT2D eigenvalue weighted by Crippen LogP contribution is 2.41. The molecule has 7 nitrogen and oxygen atoms in total. The van der Waals surface area contributed by atoms with Gasteiger partial charge in [-0.1, -0.05) is 18.2 Å². The van der Waals surface area contributed by atoms with Crippen LogP contribution in [0.15, 0.2) is 35.7 Å². The zero-order valence-corrected chi connectivity index (χ0v) is 20.1. The molecule has 3 aliphatic rings. The standard InChI is InChI=1S/C26H31N3O4S/c30-23-9-8-22(25(31)27-23)29-16-20-21(26(29)32)17-34-24(20)18-10-13-28(14-11-18)12-4-5-15-33-19-6-2-1-3-7-19/h1-3,6-7,17-18,22H,4-5,8-16H2,(H,27,30,31). The summed E-state index contributed by atoms with van der Waals surface area (Å²) in [4.78, 5) is 42.3. The number of unbranched alkanes of at least 4 members (excludes halogenated alkanes) is 1. The van der Waals surface area contributed by atoms with Crippen LogP contribution in [-0.2, 0) is 16.1 Å². The second-order valence-corrected chi connectivity index (χ2v) is 10.3. The summed E-state index contributed by atoms with van der Waals surface area (Å²) in [6, 6.07) is 9.42. The molecular weight excluding hydrogens is 450 g/mol. The Balaban J connectivity index is 1.09. The number of nitrogens with one attached hydrogen (secondary N) is 1. The Hall–Kier alpha value is -2.71. The molecule has 5 rings (SSSR count). The van der Waals surface area contributed by atoms with Crippen LogP contribution in [0.5, 0.6) is 5.75 Å². The van der Waals surface area contributed by atoms with Crippen molar-refractivity contribution < 1.29 is 19.1 Å². The van der Waals surface area contributed by atoms with Gasteiger partial charge in [0, 0.05) is 23.2 Å². The summed E-state index contributed by atoms with van der Waals surface area (Å²) in [5.41, 5.74) is 1.86. The number of imide groups is 1. The lowest BCUT2D eigenvalue weighted by atomic mass is 9.92. The van der Waals surface area contributed by atoms with E-state index in [1.807, 2.05) is 35.7 Å². The number of carbonyl (C=O) groups excluding carboxylic acids is 3. The third kappa shape index (κ3) is 4.88. The number of piperidine rings is 2. The lowest BCUT2D eigenvalue weighted by Gasteiger charge is -2.32. The molecule has 0 spiro atoms. The molecule has 1 N–H and O–H groups in total. The zero-order chi connectivity index (χ0) is 23.5. The highest BCUT2D eigenvalue weighted by atomic mass is 32.1. The number of thiophene rings is 1. The van der Waals surface area contributed by atoms with Crippen LogP contribution in [-0.4, -0.2) is 59.8 Å². The molecule has 0 bridgehead atoms. The number of hydrogen-bond donors (Lipinski definition) is 1. The number of carbonyl (C=O) groups is 3. The number of nitrogens with zero attached hydrogens (tertiary/aromatic N) is 2. The summed E-state index contributed by atoms with van der Waals surface area (Å²) in [5.74, 6) is 0.741. The highest BCUT2D eigenvalue weighted by Gasteiger charge is 2.41. The first-order valence-electron chi connectivity index (χ1n) is 12.3. The van der Waals surface area contributed by atoms with Gasteiger partial charge in [0.15, 0.2) is 0 Å². The van der Waals surface area contributed by atoms with Crippen LogP contribution in [0.3, 0.4) is 0 Å². The van der Waals surface area contributed by atoms with Gasteiger partial charge in [0.2, 0.25) is 11.8 Å². The fourth-order valence-electron chi connectivity index (χ4n) is 5.27. The molecule has 1 aromatic carbocycles. The summed E-state index contributed by atoms with van der Waals surface area (Å²) >= 11 is 1.70. The van der Waals surface area contributed by atoms with Crippen LogP contribution in [0.4, 0.5) is 0 Å². The average Bonchev–Trinajstić information content (AvgIpc) is 3.40. The maximum Gasteiger partial charge on any atom is 0.256 e. The normalized spacial score (nSPS) is 21.6. The molecule has 2 aromatic rings. The molecule has 34 heavy (non-hydrogen) atoms. The smallest absolute Gasteiger partial charge is 0.256 e. The number of ether oxygens (including phenoxy) is 1. The topological polar surface area (TPSA) is 79.0 Å². The quantitative estimate of drug-likeness (QED) is 0.461. The summed E-state index contributed by atoms with van der Waals surface area (Å²) in [6.45, 7) is 4.47. The Bertz CT molecular complexity index is 1050. The van der Waals surface area contributed by atoms with Gasteiger partial charge in [-0.25, -0.2) is 0 Å². The predicted octanol–water partition coefficient (Wildman–Crippen LogP) is 3.55. The van der Waals surface area contributed by atoms with Crippen molar-refractivity contribution in [3.8, 4) is 5.75 Å². The first kappa shape index (κ1) is 23.1. The van der Waals surface area contributed by atoms with E-state index < -0.39 is 6.04 Å². The molecule has 0 aliphatic carbocycles. The van der Waals surface area contributed by atoms with E-state index in [0.29, 0.717) is 18.9 Å². The number of benzene rings is 1. The monoisotopic (exact) mass is 481 g/mol. The van der Waals surface area contributed by atoms with E-state index in [0.717, 1.165) is 68.8 Å². The SMILES string of the molecule is O=C1CCC(N2Cc3c(csc3C3CCN(CCCCOc4ccccc4)CC3)C2=O)C(=O)N1. The fraction of sp³-hybridized carbons (Fsp3) is 0.500. The molecule has 0 radical (unpaired) electrons. The third-order valence-electron chi connectivity index (χ3n) is 7.17. The van der Waals surface area contributed by atoms with Crippen molar-refractivity contribution in [1.82, 2.24) is 15.1 Å². The van der Waals surface area contributed by atoms with Crippen LogP contribution >= 0.6 is 11.3 Å². The minimum atomic E-state index is -0.539. The van der Waals surface area contributed by atoms with Gasteiger partial charge in [-0.3, -0.25) is 19.7 Å². The van der Waals surface area contributed by atoms with Crippen LogP contribution in [0.25, 0.3) is 0 Å². The Labute approximate surface area is 204 Å². The van der Waals surface area contributed by atoms with Crippen LogP contribution in [0.2, 0.25) is 0 Å². The van der Waals surface area contributed by atoms with E-state index in [9.17, 15) is 14.4 Å². The molecular formula is C26H31N3O4S. The first-order valence-corrected chi connectivity index (χ1v) is 13.1. The summed E-state index contributed by atoms with van der Waals surface area (Å²) < 4.78 is 5.79.